The maximum atomic E-state index is 11.9. The number of carbonyl (C=O) groups excluding carboxylic acids is 1. The van der Waals surface area contributed by atoms with Crippen LogP contribution in [-0.4, -0.2) is 37.2 Å². The Kier molecular flexibility index (Phi) is 6.48. The molecule has 8 nitrogen and oxygen atoms in total. The highest BCUT2D eigenvalue weighted by molar-refractivity contribution is 5.89. The van der Waals surface area contributed by atoms with E-state index in [0.717, 1.165) is 11.3 Å². The normalized spacial score (nSPS) is 11.9. The molecule has 0 amide bonds. The lowest BCUT2D eigenvalue weighted by Crippen LogP contribution is -2.19. The van der Waals surface area contributed by atoms with Crippen LogP contribution < -0.4 is 5.56 Å². The van der Waals surface area contributed by atoms with Gasteiger partial charge in [0, 0.05) is 24.9 Å². The standard InChI is InChI=1S/C18H22N4O4/c1-4-6-7-12(3)10-22-11-19-9-13(22)8-14-20-15(18(25)26-5-2)16(23)17(24)21-14/h4,6-7,9,11,23H,5,8,10H2,1-3H3,(H,20,21,24). The Balaban J connectivity index is 2.29. The molecule has 0 unspecified atom stereocenters. The van der Waals surface area contributed by atoms with Crippen molar-refractivity contribution in [2.45, 2.75) is 33.7 Å². The molecular weight excluding hydrogens is 336 g/mol. The van der Waals surface area contributed by atoms with E-state index in [1.54, 1.807) is 19.4 Å². The second kappa shape index (κ2) is 8.80. The smallest absolute Gasteiger partial charge is 0.361 e. The molecule has 2 aromatic rings. The second-order valence-corrected chi connectivity index (χ2v) is 5.66. The largest absolute Gasteiger partial charge is 0.501 e. The summed E-state index contributed by atoms with van der Waals surface area (Å²) in [5.41, 5.74) is 0.762. The van der Waals surface area contributed by atoms with Crippen molar-refractivity contribution >= 4 is 5.97 Å². The zero-order valence-corrected chi connectivity index (χ0v) is 15.0. The summed E-state index contributed by atoms with van der Waals surface area (Å²) in [6, 6.07) is 0. The van der Waals surface area contributed by atoms with Crippen molar-refractivity contribution in [3.05, 3.63) is 63.9 Å². The molecule has 8 heteroatoms. The van der Waals surface area contributed by atoms with Crippen LogP contribution in [-0.2, 0) is 17.7 Å². The number of carbonyl (C=O) groups is 1. The average Bonchev–Trinajstić information content (AvgIpc) is 3.02. The molecule has 0 radical (unpaired) electrons. The number of hydrogen-bond acceptors (Lipinski definition) is 6. The Morgan fingerprint density at radius 1 is 1.46 bits per heavy atom. The van der Waals surface area contributed by atoms with E-state index < -0.39 is 17.3 Å². The van der Waals surface area contributed by atoms with Crippen LogP contribution in [0.25, 0.3) is 0 Å². The van der Waals surface area contributed by atoms with Crippen LogP contribution in [0.4, 0.5) is 0 Å². The Bertz CT molecular complexity index is 893. The van der Waals surface area contributed by atoms with E-state index in [9.17, 15) is 14.7 Å². The third kappa shape index (κ3) is 4.69. The number of nitrogens with zero attached hydrogens (tertiary/aromatic N) is 3. The van der Waals surface area contributed by atoms with Gasteiger partial charge in [0.1, 0.15) is 5.82 Å². The topological polar surface area (TPSA) is 110 Å². The highest BCUT2D eigenvalue weighted by atomic mass is 16.5. The summed E-state index contributed by atoms with van der Waals surface area (Å²) in [5, 5.41) is 9.76. The summed E-state index contributed by atoms with van der Waals surface area (Å²) in [6.07, 6.45) is 9.51. The van der Waals surface area contributed by atoms with Crippen LogP contribution in [0.15, 0.2) is 41.1 Å². The van der Waals surface area contributed by atoms with Crippen LogP contribution >= 0.6 is 0 Å². The molecule has 26 heavy (non-hydrogen) atoms. The fraction of sp³-hybridized carbons (Fsp3) is 0.333. The highest BCUT2D eigenvalue weighted by Crippen LogP contribution is 2.13. The van der Waals surface area contributed by atoms with E-state index in [1.165, 1.54) is 0 Å². The minimum Gasteiger partial charge on any atom is -0.501 e. The molecule has 0 aromatic carbocycles. The third-order valence-electron chi connectivity index (χ3n) is 3.55. The van der Waals surface area contributed by atoms with Crippen LogP contribution in [0.5, 0.6) is 5.75 Å². The Hall–Kier alpha value is -3.16. The number of H-pyrrole nitrogens is 1. The van der Waals surface area contributed by atoms with Crippen molar-refractivity contribution in [2.24, 2.45) is 0 Å². The minimum absolute atomic E-state index is 0.118. The fourth-order valence-electron chi connectivity index (χ4n) is 2.33. The molecule has 2 N–H and O–H groups in total. The first kappa shape index (κ1) is 19.2. The van der Waals surface area contributed by atoms with Gasteiger partial charge in [-0.25, -0.2) is 14.8 Å². The van der Waals surface area contributed by atoms with Crippen molar-refractivity contribution in [2.75, 3.05) is 6.61 Å². The van der Waals surface area contributed by atoms with Gasteiger partial charge in [0.2, 0.25) is 5.75 Å². The summed E-state index contributed by atoms with van der Waals surface area (Å²) in [7, 11) is 0. The van der Waals surface area contributed by atoms with Crippen molar-refractivity contribution < 1.29 is 14.6 Å². The molecule has 0 fully saturated rings. The Morgan fingerprint density at radius 2 is 2.23 bits per heavy atom. The van der Waals surface area contributed by atoms with Gasteiger partial charge in [0.25, 0.3) is 5.56 Å². The minimum atomic E-state index is -0.837. The monoisotopic (exact) mass is 358 g/mol. The van der Waals surface area contributed by atoms with Crippen molar-refractivity contribution in [1.29, 1.82) is 0 Å². The maximum absolute atomic E-state index is 11.9. The van der Waals surface area contributed by atoms with Gasteiger partial charge in [0.05, 0.1) is 12.9 Å². The van der Waals surface area contributed by atoms with Gasteiger partial charge in [-0.3, -0.25) is 4.79 Å². The molecule has 0 spiro atoms. The predicted molar refractivity (Wildman–Crippen MR) is 96.1 cm³/mol. The first-order valence-electron chi connectivity index (χ1n) is 8.23. The van der Waals surface area contributed by atoms with Crippen LogP contribution in [0.3, 0.4) is 0 Å². The van der Waals surface area contributed by atoms with Gasteiger partial charge in [-0.15, -0.1) is 0 Å². The summed E-state index contributed by atoms with van der Waals surface area (Å²) < 4.78 is 6.75. The molecule has 0 atom stereocenters. The Morgan fingerprint density at radius 3 is 2.92 bits per heavy atom. The first-order valence-corrected chi connectivity index (χ1v) is 8.23. The van der Waals surface area contributed by atoms with Gasteiger partial charge >= 0.3 is 5.97 Å². The van der Waals surface area contributed by atoms with E-state index in [1.807, 2.05) is 36.6 Å². The van der Waals surface area contributed by atoms with Crippen LogP contribution in [0, 0.1) is 0 Å². The summed E-state index contributed by atoms with van der Waals surface area (Å²) in [5.74, 6) is -1.34. The molecule has 138 valence electrons. The van der Waals surface area contributed by atoms with Gasteiger partial charge in [-0.1, -0.05) is 23.8 Å². The number of esters is 1. The van der Waals surface area contributed by atoms with E-state index in [0.29, 0.717) is 6.54 Å². The third-order valence-corrected chi connectivity index (χ3v) is 3.55. The van der Waals surface area contributed by atoms with Crippen molar-refractivity contribution in [1.82, 2.24) is 19.5 Å². The number of aromatic hydroxyl groups is 1. The number of aromatic nitrogens is 4. The molecule has 0 saturated carbocycles. The maximum Gasteiger partial charge on any atom is 0.361 e. The fourth-order valence-corrected chi connectivity index (χ4v) is 2.33. The predicted octanol–water partition coefficient (Wildman–Crippen LogP) is 1.96. The molecule has 2 rings (SSSR count). The lowest BCUT2D eigenvalue weighted by molar-refractivity contribution is 0.0514. The quantitative estimate of drug-likeness (QED) is 0.578. The summed E-state index contributed by atoms with van der Waals surface area (Å²) in [6.45, 7) is 6.33. The van der Waals surface area contributed by atoms with E-state index >= 15 is 0 Å². The number of imidazole rings is 1. The van der Waals surface area contributed by atoms with Crippen molar-refractivity contribution in [3.8, 4) is 5.75 Å². The molecule has 0 bridgehead atoms. The van der Waals surface area contributed by atoms with Gasteiger partial charge in [0.15, 0.2) is 5.69 Å². The Labute approximate surface area is 150 Å². The summed E-state index contributed by atoms with van der Waals surface area (Å²) in [4.78, 5) is 34.4. The SMILES string of the molecule is CC=CC=C(C)Cn1cncc1Cc1nc(C(=O)OCC)c(O)c(=O)[nH]1. The molecule has 0 saturated heterocycles. The van der Waals surface area contributed by atoms with Crippen LogP contribution in [0.1, 0.15) is 42.8 Å². The zero-order chi connectivity index (χ0) is 19.1. The van der Waals surface area contributed by atoms with E-state index in [-0.39, 0.29) is 24.5 Å². The number of nitrogens with one attached hydrogen (secondary N) is 1. The van der Waals surface area contributed by atoms with Crippen LogP contribution in [0.2, 0.25) is 0 Å². The lowest BCUT2D eigenvalue weighted by atomic mass is 10.2. The molecule has 0 aliphatic heterocycles. The average molecular weight is 358 g/mol. The molecule has 2 heterocycles. The number of aromatic amines is 1. The molecule has 0 aliphatic carbocycles. The van der Waals surface area contributed by atoms with E-state index in [2.05, 4.69) is 15.0 Å². The zero-order valence-electron chi connectivity index (χ0n) is 15.0. The summed E-state index contributed by atoms with van der Waals surface area (Å²) >= 11 is 0. The molecule has 0 aliphatic rings. The first-order chi connectivity index (χ1) is 12.5. The number of allylic oxidation sites excluding steroid dienone is 4. The van der Waals surface area contributed by atoms with Crippen molar-refractivity contribution in [3.63, 3.8) is 0 Å². The van der Waals surface area contributed by atoms with Gasteiger partial charge < -0.3 is 19.4 Å². The van der Waals surface area contributed by atoms with Gasteiger partial charge in [-0.05, 0) is 20.8 Å². The number of ether oxygens (including phenoxy) is 1. The number of hydrogen-bond donors (Lipinski definition) is 2. The van der Waals surface area contributed by atoms with Gasteiger partial charge in [-0.2, -0.15) is 0 Å². The molecule has 2 aromatic heterocycles. The highest BCUT2D eigenvalue weighted by Gasteiger charge is 2.19. The second-order valence-electron chi connectivity index (χ2n) is 5.66. The lowest BCUT2D eigenvalue weighted by Gasteiger charge is -2.09. The van der Waals surface area contributed by atoms with E-state index in [4.69, 9.17) is 4.74 Å². The molecular formula is C18H22N4O4. The number of rotatable bonds is 7.